The van der Waals surface area contributed by atoms with Crippen LogP contribution in [0.4, 0.5) is 11.5 Å². The maximum Gasteiger partial charge on any atom is 0.270 e. The number of imide groups is 2. The van der Waals surface area contributed by atoms with Gasteiger partial charge in [-0.25, -0.2) is 19.9 Å². The van der Waals surface area contributed by atoms with Crippen LogP contribution in [0.2, 0.25) is 0 Å². The molecule has 1 aliphatic carbocycles. The minimum absolute atomic E-state index is 0.0845. The predicted molar refractivity (Wildman–Crippen MR) is 213 cm³/mol. The number of carbonyl (C=O) groups excluding carboxylic acids is 5. The molecule has 3 saturated heterocycles. The van der Waals surface area contributed by atoms with Crippen LogP contribution in [0.5, 0.6) is 0 Å². The summed E-state index contributed by atoms with van der Waals surface area (Å²) >= 11 is 0. The SMILES string of the molecule is Cc1cccc(C(=O)NC2CC(n3cnc4c(NC5CCN(CCCN6CCN(c7ccc8c(c7)C(=O)N([C@H]7CCC(=O)NC7=O)C8=O)CC6)CC5)ncnc43)C2)n1. The number of rotatable bonds is 11. The molecular weight excluding hydrogens is 741 g/mol. The molecule has 9 rings (SSSR count). The molecule has 0 unspecified atom stereocenters. The standard InChI is InChI=1S/C41H48N12O5/c1-25-4-2-5-32(45-25)38(55)47-27-20-29(21-27)52-24-44-35-36(42-23-43-37(35)52)46-26-10-14-49(15-11-26)12-3-13-50-16-18-51(19-17-50)28-6-7-30-31(22-28)41(58)53(40(30)57)33-8-9-34(54)48-39(33)56/h2,4-7,22-24,26-27,29,33H,3,8-21H2,1H3,(H,47,55)(H,42,43,46)(H,48,54,56)/t27?,29?,33-/m0/s1. The smallest absolute Gasteiger partial charge is 0.270 e. The first kappa shape index (κ1) is 37.7. The van der Waals surface area contributed by atoms with Crippen molar-refractivity contribution in [2.45, 2.75) is 76.0 Å². The summed E-state index contributed by atoms with van der Waals surface area (Å²) in [6, 6.07) is 10.4. The van der Waals surface area contributed by atoms with Gasteiger partial charge in [0, 0.05) is 75.2 Å². The molecule has 302 valence electrons. The van der Waals surface area contributed by atoms with Crippen molar-refractivity contribution in [2.75, 3.05) is 62.6 Å². The van der Waals surface area contributed by atoms with Gasteiger partial charge in [-0.05, 0) is 88.9 Å². The normalized spacial score (nSPS) is 23.2. The molecule has 0 bridgehead atoms. The van der Waals surface area contributed by atoms with E-state index in [2.05, 4.69) is 50.2 Å². The van der Waals surface area contributed by atoms with Crippen molar-refractivity contribution in [1.29, 1.82) is 0 Å². The first-order valence-electron chi connectivity index (χ1n) is 20.4. The van der Waals surface area contributed by atoms with Crippen LogP contribution < -0.4 is 20.9 Å². The monoisotopic (exact) mass is 788 g/mol. The van der Waals surface area contributed by atoms with Crippen molar-refractivity contribution in [2.24, 2.45) is 0 Å². The third-order valence-electron chi connectivity index (χ3n) is 12.4. The van der Waals surface area contributed by atoms with Gasteiger partial charge in [-0.2, -0.15) is 0 Å². The lowest BCUT2D eigenvalue weighted by Crippen LogP contribution is -2.54. The Hall–Kier alpha value is -5.81. The first-order chi connectivity index (χ1) is 28.2. The van der Waals surface area contributed by atoms with E-state index in [1.165, 1.54) is 0 Å². The number of pyridine rings is 1. The Balaban J connectivity index is 0.697. The number of hydrogen-bond acceptors (Lipinski definition) is 13. The zero-order valence-electron chi connectivity index (χ0n) is 32.6. The molecule has 0 radical (unpaired) electrons. The van der Waals surface area contributed by atoms with E-state index < -0.39 is 23.8 Å². The van der Waals surface area contributed by atoms with E-state index in [9.17, 15) is 24.0 Å². The van der Waals surface area contributed by atoms with E-state index in [0.29, 0.717) is 22.9 Å². The second-order valence-corrected chi connectivity index (χ2v) is 16.1. The van der Waals surface area contributed by atoms with Gasteiger partial charge in [0.15, 0.2) is 11.5 Å². The number of nitrogens with one attached hydrogen (secondary N) is 3. The van der Waals surface area contributed by atoms with E-state index in [-0.39, 0.29) is 36.7 Å². The van der Waals surface area contributed by atoms with Crippen LogP contribution in [-0.4, -0.2) is 139 Å². The third-order valence-corrected chi connectivity index (χ3v) is 12.4. The summed E-state index contributed by atoms with van der Waals surface area (Å²) in [5.41, 5.74) is 4.35. The largest absolute Gasteiger partial charge is 0.369 e. The number of aryl methyl sites for hydroxylation is 1. The van der Waals surface area contributed by atoms with Gasteiger partial charge in [-0.1, -0.05) is 6.07 Å². The van der Waals surface area contributed by atoms with Gasteiger partial charge in [0.1, 0.15) is 23.6 Å². The quantitative estimate of drug-likeness (QED) is 0.188. The summed E-state index contributed by atoms with van der Waals surface area (Å²) in [6.45, 7) is 9.42. The van der Waals surface area contributed by atoms with Gasteiger partial charge in [0.2, 0.25) is 11.8 Å². The number of piperidine rings is 2. The minimum atomic E-state index is -0.966. The number of benzene rings is 1. The number of piperazine rings is 1. The number of anilines is 2. The number of hydrogen-bond donors (Lipinski definition) is 3. The predicted octanol–water partition coefficient (Wildman–Crippen LogP) is 2.15. The molecule has 17 nitrogen and oxygen atoms in total. The summed E-state index contributed by atoms with van der Waals surface area (Å²) < 4.78 is 2.11. The summed E-state index contributed by atoms with van der Waals surface area (Å²) in [5.74, 6) is -1.32. The van der Waals surface area contributed by atoms with E-state index in [1.807, 2.05) is 31.5 Å². The Morgan fingerprint density at radius 2 is 1.60 bits per heavy atom. The van der Waals surface area contributed by atoms with Gasteiger partial charge in [0.25, 0.3) is 17.7 Å². The lowest BCUT2D eigenvalue weighted by Gasteiger charge is -2.37. The van der Waals surface area contributed by atoms with Crippen LogP contribution in [0.15, 0.2) is 49.1 Å². The number of aromatic nitrogens is 5. The van der Waals surface area contributed by atoms with Crippen molar-refractivity contribution in [3.05, 3.63) is 71.6 Å². The van der Waals surface area contributed by atoms with Gasteiger partial charge < -0.3 is 25.0 Å². The molecule has 4 aliphatic heterocycles. The number of amides is 5. The fourth-order valence-corrected chi connectivity index (χ4v) is 8.98. The topological polar surface area (TPSA) is 191 Å². The highest BCUT2D eigenvalue weighted by Gasteiger charge is 2.45. The average molecular weight is 789 g/mol. The van der Waals surface area contributed by atoms with Gasteiger partial charge in [-0.15, -0.1) is 0 Å². The average Bonchev–Trinajstić information content (AvgIpc) is 3.75. The Labute approximate surface area is 335 Å². The Morgan fingerprint density at radius 3 is 2.36 bits per heavy atom. The molecule has 5 amide bonds. The first-order valence-corrected chi connectivity index (χ1v) is 20.4. The van der Waals surface area contributed by atoms with Gasteiger partial charge >= 0.3 is 0 Å². The van der Waals surface area contributed by atoms with Crippen LogP contribution in [-0.2, 0) is 9.59 Å². The number of fused-ring (bicyclic) bond motifs is 2. The van der Waals surface area contributed by atoms with Crippen molar-refractivity contribution in [3.8, 4) is 0 Å². The lowest BCUT2D eigenvalue weighted by atomic mass is 9.86. The third kappa shape index (κ3) is 7.51. The van der Waals surface area contributed by atoms with Crippen LogP contribution in [0.3, 0.4) is 0 Å². The number of carbonyl (C=O) groups is 5. The Kier molecular flexibility index (Phi) is 10.3. The van der Waals surface area contributed by atoms with Gasteiger partial charge in [-0.3, -0.25) is 39.1 Å². The number of nitrogens with zero attached hydrogens (tertiary/aromatic N) is 9. The van der Waals surface area contributed by atoms with E-state index in [1.54, 1.807) is 24.5 Å². The second kappa shape index (κ2) is 15.9. The Bertz CT molecular complexity index is 2260. The van der Waals surface area contributed by atoms with Crippen molar-refractivity contribution in [1.82, 2.24) is 49.8 Å². The molecule has 17 heteroatoms. The van der Waals surface area contributed by atoms with Crippen molar-refractivity contribution in [3.63, 3.8) is 0 Å². The fraction of sp³-hybridized carbons (Fsp3) is 0.488. The maximum absolute atomic E-state index is 13.3. The number of likely N-dealkylation sites (tertiary alicyclic amines) is 1. The molecule has 0 spiro atoms. The highest BCUT2D eigenvalue weighted by atomic mass is 16.2. The zero-order valence-corrected chi connectivity index (χ0v) is 32.6. The summed E-state index contributed by atoms with van der Waals surface area (Å²) in [5, 5.41) is 9.01. The van der Waals surface area contributed by atoms with Gasteiger partial charge in [0.05, 0.1) is 17.5 Å². The molecule has 1 atom stereocenters. The van der Waals surface area contributed by atoms with Crippen LogP contribution >= 0.6 is 0 Å². The van der Waals surface area contributed by atoms with E-state index >= 15 is 0 Å². The van der Waals surface area contributed by atoms with Crippen LogP contribution in [0, 0.1) is 6.92 Å². The highest BCUT2D eigenvalue weighted by molar-refractivity contribution is 6.23. The lowest BCUT2D eigenvalue weighted by molar-refractivity contribution is -0.136. The molecule has 7 heterocycles. The van der Waals surface area contributed by atoms with Crippen LogP contribution in [0.25, 0.3) is 11.2 Å². The molecule has 58 heavy (non-hydrogen) atoms. The van der Waals surface area contributed by atoms with E-state index in [4.69, 9.17) is 4.98 Å². The summed E-state index contributed by atoms with van der Waals surface area (Å²) in [7, 11) is 0. The fourth-order valence-electron chi connectivity index (χ4n) is 8.98. The summed E-state index contributed by atoms with van der Waals surface area (Å²) in [4.78, 5) is 89.6. The van der Waals surface area contributed by atoms with E-state index in [0.717, 1.165) is 118 Å². The minimum Gasteiger partial charge on any atom is -0.369 e. The molecule has 5 aliphatic rings. The van der Waals surface area contributed by atoms with Crippen molar-refractivity contribution >= 4 is 52.2 Å². The zero-order chi connectivity index (χ0) is 39.9. The highest BCUT2D eigenvalue weighted by Crippen LogP contribution is 2.35. The molecule has 1 saturated carbocycles. The molecule has 1 aromatic carbocycles. The summed E-state index contributed by atoms with van der Waals surface area (Å²) in [6.07, 6.45) is 8.43. The molecule has 3 N–H and O–H groups in total. The van der Waals surface area contributed by atoms with Crippen LogP contribution in [0.1, 0.15) is 87.9 Å². The maximum atomic E-state index is 13.3. The molecule has 4 fully saturated rings. The number of imidazole rings is 1. The van der Waals surface area contributed by atoms with Crippen molar-refractivity contribution < 1.29 is 24.0 Å². The molecular formula is C41H48N12O5. The molecule has 4 aromatic rings. The Morgan fingerprint density at radius 1 is 0.845 bits per heavy atom. The second-order valence-electron chi connectivity index (χ2n) is 16.1. The molecule has 3 aromatic heterocycles.